The number of ether oxygens (including phenoxy) is 3. The number of hydrogen-bond donors (Lipinski definition) is 1. The standard InChI is InChI=1S/C20H24FNO4S/c1-24-17-7-5-16(21)11-15(17)12-27-13-20(23)22-9-8-14-4-6-18(25-2)19(10-14)26-3/h4-7,10-11H,8-9,12-13H2,1-3H3,(H,22,23). The Morgan fingerprint density at radius 2 is 1.70 bits per heavy atom. The van der Waals surface area contributed by atoms with Crippen LogP contribution in [-0.4, -0.2) is 39.5 Å². The topological polar surface area (TPSA) is 56.8 Å². The highest BCUT2D eigenvalue weighted by molar-refractivity contribution is 7.99. The van der Waals surface area contributed by atoms with Crippen molar-refractivity contribution in [2.45, 2.75) is 12.2 Å². The molecule has 7 heteroatoms. The van der Waals surface area contributed by atoms with Crippen LogP contribution in [0, 0.1) is 5.82 Å². The van der Waals surface area contributed by atoms with Crippen LogP contribution < -0.4 is 19.5 Å². The normalized spacial score (nSPS) is 10.4. The zero-order chi connectivity index (χ0) is 19.6. The lowest BCUT2D eigenvalue weighted by Gasteiger charge is -2.10. The van der Waals surface area contributed by atoms with Crippen molar-refractivity contribution >= 4 is 17.7 Å². The Morgan fingerprint density at radius 1 is 1.00 bits per heavy atom. The zero-order valence-electron chi connectivity index (χ0n) is 15.7. The quantitative estimate of drug-likeness (QED) is 0.670. The first-order valence-corrected chi connectivity index (χ1v) is 9.60. The molecule has 0 bridgehead atoms. The smallest absolute Gasteiger partial charge is 0.230 e. The van der Waals surface area contributed by atoms with Gasteiger partial charge in [-0.1, -0.05) is 6.07 Å². The molecule has 0 spiro atoms. The minimum atomic E-state index is -0.314. The summed E-state index contributed by atoms with van der Waals surface area (Å²) in [6, 6.07) is 10.1. The molecule has 0 fully saturated rings. The number of rotatable bonds is 10. The fourth-order valence-corrected chi connectivity index (χ4v) is 3.38. The summed E-state index contributed by atoms with van der Waals surface area (Å²) >= 11 is 1.41. The highest BCUT2D eigenvalue weighted by Crippen LogP contribution is 2.27. The number of halogens is 1. The van der Waals surface area contributed by atoms with Crippen molar-refractivity contribution in [3.63, 3.8) is 0 Å². The van der Waals surface area contributed by atoms with Gasteiger partial charge in [0.2, 0.25) is 5.91 Å². The second kappa shape index (κ2) is 10.7. The molecule has 27 heavy (non-hydrogen) atoms. The van der Waals surface area contributed by atoms with Crippen LogP contribution in [0.1, 0.15) is 11.1 Å². The van der Waals surface area contributed by atoms with Crippen molar-refractivity contribution in [1.29, 1.82) is 0 Å². The Bertz CT molecular complexity index is 770. The SMILES string of the molecule is COc1ccc(F)cc1CSCC(=O)NCCc1ccc(OC)c(OC)c1. The second-order valence-electron chi connectivity index (χ2n) is 5.74. The molecule has 0 aliphatic heterocycles. The van der Waals surface area contributed by atoms with Gasteiger partial charge in [0, 0.05) is 17.9 Å². The van der Waals surface area contributed by atoms with Crippen LogP contribution in [-0.2, 0) is 17.0 Å². The van der Waals surface area contributed by atoms with Gasteiger partial charge in [-0.25, -0.2) is 4.39 Å². The third kappa shape index (κ3) is 6.36. The third-order valence-corrected chi connectivity index (χ3v) is 4.90. The van der Waals surface area contributed by atoms with Crippen LogP contribution in [0.4, 0.5) is 4.39 Å². The van der Waals surface area contributed by atoms with Gasteiger partial charge in [0.25, 0.3) is 0 Å². The van der Waals surface area contributed by atoms with Crippen LogP contribution in [0.2, 0.25) is 0 Å². The van der Waals surface area contributed by atoms with Crippen LogP contribution >= 0.6 is 11.8 Å². The number of benzene rings is 2. The average molecular weight is 393 g/mol. The molecular weight excluding hydrogens is 369 g/mol. The van der Waals surface area contributed by atoms with Crippen LogP contribution in [0.25, 0.3) is 0 Å². The van der Waals surface area contributed by atoms with E-state index >= 15 is 0 Å². The highest BCUT2D eigenvalue weighted by Gasteiger charge is 2.08. The van der Waals surface area contributed by atoms with Crippen LogP contribution in [0.15, 0.2) is 36.4 Å². The minimum absolute atomic E-state index is 0.0594. The molecule has 2 aromatic rings. The summed E-state index contributed by atoms with van der Waals surface area (Å²) in [5.41, 5.74) is 1.78. The van der Waals surface area contributed by atoms with Gasteiger partial charge >= 0.3 is 0 Å². The largest absolute Gasteiger partial charge is 0.496 e. The second-order valence-corrected chi connectivity index (χ2v) is 6.72. The number of nitrogens with one attached hydrogen (secondary N) is 1. The van der Waals surface area contributed by atoms with Gasteiger partial charge in [-0.15, -0.1) is 11.8 Å². The molecule has 0 aliphatic rings. The Hall–Kier alpha value is -2.41. The minimum Gasteiger partial charge on any atom is -0.496 e. The van der Waals surface area contributed by atoms with Gasteiger partial charge < -0.3 is 19.5 Å². The van der Waals surface area contributed by atoms with Gasteiger partial charge in [0.05, 0.1) is 27.1 Å². The molecule has 0 heterocycles. The molecule has 1 amide bonds. The van der Waals surface area contributed by atoms with Crippen molar-refractivity contribution < 1.29 is 23.4 Å². The number of hydrogen-bond acceptors (Lipinski definition) is 5. The van der Waals surface area contributed by atoms with E-state index in [1.807, 2.05) is 18.2 Å². The molecule has 146 valence electrons. The van der Waals surface area contributed by atoms with Gasteiger partial charge in [-0.3, -0.25) is 4.79 Å². The first kappa shape index (κ1) is 20.9. The van der Waals surface area contributed by atoms with E-state index < -0.39 is 0 Å². The molecule has 0 saturated heterocycles. The van der Waals surface area contributed by atoms with Crippen molar-refractivity contribution in [3.05, 3.63) is 53.3 Å². The number of thioether (sulfide) groups is 1. The maximum absolute atomic E-state index is 13.3. The molecular formula is C20H24FNO4S. The fourth-order valence-electron chi connectivity index (χ4n) is 2.55. The van der Waals surface area contributed by atoms with E-state index in [9.17, 15) is 9.18 Å². The summed E-state index contributed by atoms with van der Waals surface area (Å²) in [6.45, 7) is 0.526. The first-order valence-electron chi connectivity index (χ1n) is 8.45. The average Bonchev–Trinajstić information content (AvgIpc) is 2.68. The molecule has 0 saturated carbocycles. The van der Waals surface area contributed by atoms with E-state index in [4.69, 9.17) is 14.2 Å². The fraction of sp³-hybridized carbons (Fsp3) is 0.350. The van der Waals surface area contributed by atoms with E-state index in [0.29, 0.717) is 41.7 Å². The summed E-state index contributed by atoms with van der Waals surface area (Å²) in [6.07, 6.45) is 0.689. The Morgan fingerprint density at radius 3 is 2.41 bits per heavy atom. The molecule has 0 radical (unpaired) electrons. The number of carbonyl (C=O) groups excluding carboxylic acids is 1. The van der Waals surface area contributed by atoms with E-state index in [0.717, 1.165) is 11.1 Å². The Kier molecular flexibility index (Phi) is 8.26. The predicted molar refractivity (Wildman–Crippen MR) is 105 cm³/mol. The lowest BCUT2D eigenvalue weighted by atomic mass is 10.1. The molecule has 0 aromatic heterocycles. The van der Waals surface area contributed by atoms with Crippen molar-refractivity contribution in [2.24, 2.45) is 0 Å². The number of amides is 1. The van der Waals surface area contributed by atoms with Gasteiger partial charge in [0.15, 0.2) is 11.5 Å². The summed E-state index contributed by atoms with van der Waals surface area (Å²) in [4.78, 5) is 12.0. The predicted octanol–water partition coefficient (Wildman–Crippen LogP) is 3.44. The lowest BCUT2D eigenvalue weighted by molar-refractivity contribution is -0.118. The van der Waals surface area contributed by atoms with Crippen molar-refractivity contribution in [3.8, 4) is 17.2 Å². The van der Waals surface area contributed by atoms with Gasteiger partial charge in [0.1, 0.15) is 11.6 Å². The van der Waals surface area contributed by atoms with Crippen molar-refractivity contribution in [1.82, 2.24) is 5.32 Å². The van der Waals surface area contributed by atoms with E-state index in [2.05, 4.69) is 5.32 Å². The van der Waals surface area contributed by atoms with Crippen LogP contribution in [0.5, 0.6) is 17.2 Å². The lowest BCUT2D eigenvalue weighted by Crippen LogP contribution is -2.27. The summed E-state index contributed by atoms with van der Waals surface area (Å²) < 4.78 is 29.0. The summed E-state index contributed by atoms with van der Waals surface area (Å²) in [5, 5.41) is 2.89. The Labute approximate surface area is 163 Å². The molecule has 0 atom stereocenters. The third-order valence-electron chi connectivity index (χ3n) is 3.92. The summed E-state index contributed by atoms with van der Waals surface area (Å²) in [5.74, 6) is 2.39. The monoisotopic (exact) mass is 393 g/mol. The number of methoxy groups -OCH3 is 3. The molecule has 0 aliphatic carbocycles. The summed E-state index contributed by atoms with van der Waals surface area (Å²) in [7, 11) is 4.73. The molecule has 1 N–H and O–H groups in total. The highest BCUT2D eigenvalue weighted by atomic mass is 32.2. The van der Waals surface area contributed by atoms with E-state index in [1.54, 1.807) is 27.4 Å². The molecule has 0 unspecified atom stereocenters. The molecule has 5 nitrogen and oxygen atoms in total. The Balaban J connectivity index is 1.75. The first-order chi connectivity index (χ1) is 13.1. The van der Waals surface area contributed by atoms with Gasteiger partial charge in [-0.05, 0) is 42.3 Å². The maximum Gasteiger partial charge on any atom is 0.230 e. The van der Waals surface area contributed by atoms with Gasteiger partial charge in [-0.2, -0.15) is 0 Å². The number of carbonyl (C=O) groups is 1. The zero-order valence-corrected chi connectivity index (χ0v) is 16.5. The van der Waals surface area contributed by atoms with Crippen molar-refractivity contribution in [2.75, 3.05) is 33.6 Å². The molecule has 2 rings (SSSR count). The van der Waals surface area contributed by atoms with E-state index in [-0.39, 0.29) is 11.7 Å². The maximum atomic E-state index is 13.3. The van der Waals surface area contributed by atoms with E-state index in [1.165, 1.54) is 23.9 Å². The van der Waals surface area contributed by atoms with Crippen LogP contribution in [0.3, 0.4) is 0 Å². The molecule has 2 aromatic carbocycles.